The van der Waals surface area contributed by atoms with Gasteiger partial charge in [-0.1, -0.05) is 18.2 Å². The fraction of sp³-hybridized carbons (Fsp3) is 0.391. The summed E-state index contributed by atoms with van der Waals surface area (Å²) >= 11 is 0. The van der Waals surface area contributed by atoms with Gasteiger partial charge >= 0.3 is 0 Å². The molecule has 3 rings (SSSR count). The second-order valence-corrected chi connectivity index (χ2v) is 9.62. The van der Waals surface area contributed by atoms with Gasteiger partial charge in [-0.15, -0.1) is 0 Å². The normalized spacial score (nSPS) is 15.9. The molecule has 0 bridgehead atoms. The minimum absolute atomic E-state index is 0.105. The predicted molar refractivity (Wildman–Crippen MR) is 125 cm³/mol. The number of hydrogen-bond donors (Lipinski definition) is 1. The molecule has 1 N–H and O–H groups in total. The van der Waals surface area contributed by atoms with E-state index in [0.29, 0.717) is 35.8 Å². The lowest BCUT2D eigenvalue weighted by molar-refractivity contribution is -0.122. The molecule has 1 heterocycles. The maximum absolute atomic E-state index is 13.1. The number of rotatable bonds is 6. The average Bonchev–Trinajstić information content (AvgIpc) is 2.94. The fourth-order valence-electron chi connectivity index (χ4n) is 3.69. The highest BCUT2D eigenvalue weighted by atomic mass is 32.2. The highest BCUT2D eigenvalue weighted by molar-refractivity contribution is 7.92. The van der Waals surface area contributed by atoms with Crippen molar-refractivity contribution in [3.05, 3.63) is 53.6 Å². The van der Waals surface area contributed by atoms with Gasteiger partial charge in [0.1, 0.15) is 5.75 Å². The first-order valence-corrected chi connectivity index (χ1v) is 12.4. The Morgan fingerprint density at radius 2 is 1.84 bits per heavy atom. The van der Waals surface area contributed by atoms with Crippen molar-refractivity contribution in [1.29, 1.82) is 0 Å². The first-order chi connectivity index (χ1) is 15.2. The summed E-state index contributed by atoms with van der Waals surface area (Å²) < 4.78 is 31.9. The zero-order valence-electron chi connectivity index (χ0n) is 18.8. The van der Waals surface area contributed by atoms with Gasteiger partial charge in [0.05, 0.1) is 23.2 Å². The zero-order chi connectivity index (χ0) is 23.5. The largest absolute Gasteiger partial charge is 0.478 e. The summed E-state index contributed by atoms with van der Waals surface area (Å²) in [6, 6.07) is 12.0. The smallest absolute Gasteiger partial charge is 0.265 e. The molecular weight excluding hydrogens is 430 g/mol. The molecule has 0 aromatic heterocycles. The summed E-state index contributed by atoms with van der Waals surface area (Å²) in [5.41, 5.74) is 2.09. The minimum Gasteiger partial charge on any atom is -0.478 e. The van der Waals surface area contributed by atoms with Crippen LogP contribution in [0.4, 0.5) is 11.4 Å². The van der Waals surface area contributed by atoms with Gasteiger partial charge in [0.15, 0.2) is 6.10 Å². The van der Waals surface area contributed by atoms with Crippen LogP contribution in [0.3, 0.4) is 0 Å². The van der Waals surface area contributed by atoms with Crippen LogP contribution in [0.2, 0.25) is 0 Å². The molecule has 0 aliphatic carbocycles. The quantitative estimate of drug-likeness (QED) is 0.716. The number of carbonyl (C=O) groups is 2. The maximum atomic E-state index is 13.1. The van der Waals surface area contributed by atoms with Crippen molar-refractivity contribution >= 4 is 33.2 Å². The molecule has 9 heteroatoms. The summed E-state index contributed by atoms with van der Waals surface area (Å²) in [7, 11) is -3.55. The molecule has 0 radical (unpaired) electrons. The molecule has 0 unspecified atom stereocenters. The van der Waals surface area contributed by atoms with E-state index in [1.807, 2.05) is 20.8 Å². The van der Waals surface area contributed by atoms with Crippen molar-refractivity contribution in [2.75, 3.05) is 35.5 Å². The van der Waals surface area contributed by atoms with E-state index >= 15 is 0 Å². The number of hydrogen-bond acceptors (Lipinski definition) is 5. The molecule has 0 saturated carbocycles. The Kier molecular flexibility index (Phi) is 7.08. The van der Waals surface area contributed by atoms with E-state index in [4.69, 9.17) is 4.74 Å². The molecule has 0 saturated heterocycles. The molecule has 32 heavy (non-hydrogen) atoms. The van der Waals surface area contributed by atoms with E-state index in [2.05, 4.69) is 5.32 Å². The number of para-hydroxylation sites is 1. The number of ether oxygens (including phenoxy) is 1. The summed E-state index contributed by atoms with van der Waals surface area (Å²) in [6.45, 7) is 6.87. The summed E-state index contributed by atoms with van der Waals surface area (Å²) in [4.78, 5) is 27.6. The van der Waals surface area contributed by atoms with Crippen molar-refractivity contribution < 1.29 is 22.7 Å². The fourth-order valence-corrected chi connectivity index (χ4v) is 4.63. The van der Waals surface area contributed by atoms with Crippen LogP contribution in [-0.4, -0.2) is 57.1 Å². The highest BCUT2D eigenvalue weighted by Gasteiger charge is 2.32. The van der Waals surface area contributed by atoms with E-state index < -0.39 is 22.0 Å². The van der Waals surface area contributed by atoms with Crippen LogP contribution in [0.1, 0.15) is 36.2 Å². The van der Waals surface area contributed by atoms with Gasteiger partial charge in [-0.3, -0.25) is 13.9 Å². The Bertz CT molecular complexity index is 1110. The van der Waals surface area contributed by atoms with Gasteiger partial charge in [-0.2, -0.15) is 0 Å². The minimum atomic E-state index is -3.55. The lowest BCUT2D eigenvalue weighted by Crippen LogP contribution is -2.36. The van der Waals surface area contributed by atoms with Crippen LogP contribution in [0.15, 0.2) is 42.5 Å². The second-order valence-electron chi connectivity index (χ2n) is 7.71. The Morgan fingerprint density at radius 1 is 1.16 bits per heavy atom. The number of aryl methyl sites for hydroxylation is 1. The highest BCUT2D eigenvalue weighted by Crippen LogP contribution is 2.35. The van der Waals surface area contributed by atoms with E-state index in [-0.39, 0.29) is 18.9 Å². The number of benzene rings is 2. The van der Waals surface area contributed by atoms with Crippen molar-refractivity contribution in [1.82, 2.24) is 4.90 Å². The molecule has 2 amide bonds. The first kappa shape index (κ1) is 23.6. The number of fused-ring (bicyclic) bond motifs is 1. The molecule has 8 nitrogen and oxygen atoms in total. The van der Waals surface area contributed by atoms with E-state index in [1.165, 1.54) is 4.31 Å². The Morgan fingerprint density at radius 3 is 2.50 bits per heavy atom. The molecule has 2 aromatic rings. The summed E-state index contributed by atoms with van der Waals surface area (Å²) in [5.74, 6) is -0.283. The number of amides is 2. The van der Waals surface area contributed by atoms with Crippen LogP contribution in [-0.2, 0) is 14.8 Å². The predicted octanol–water partition coefficient (Wildman–Crippen LogP) is 3.03. The summed E-state index contributed by atoms with van der Waals surface area (Å²) in [6.07, 6.45) is 0.382. The SMILES string of the molecule is CCN(CC)C(=O)c1ccccc1NC(=O)[C@@H]1CCN(S(C)(=O)=O)c2cc(C)ccc2O1. The Balaban J connectivity index is 1.87. The third-order valence-corrected chi connectivity index (χ3v) is 6.59. The molecule has 0 spiro atoms. The van der Waals surface area contributed by atoms with Gasteiger partial charge in [-0.25, -0.2) is 8.42 Å². The molecule has 2 aromatic carbocycles. The summed E-state index contributed by atoms with van der Waals surface area (Å²) in [5, 5.41) is 2.81. The topological polar surface area (TPSA) is 96.0 Å². The van der Waals surface area contributed by atoms with E-state index in [1.54, 1.807) is 47.4 Å². The van der Waals surface area contributed by atoms with Crippen LogP contribution in [0, 0.1) is 6.92 Å². The molecular formula is C23H29N3O5S. The number of carbonyl (C=O) groups excluding carboxylic acids is 2. The van der Waals surface area contributed by atoms with Crippen molar-refractivity contribution in [3.63, 3.8) is 0 Å². The molecule has 1 aliphatic rings. The standard InChI is InChI=1S/C23H29N3O5S/c1-5-25(6-2)23(28)17-9-7-8-10-18(17)24-22(27)21-13-14-26(32(4,29)30)19-15-16(3)11-12-20(19)31-21/h7-12,15,21H,5-6,13-14H2,1-4H3,(H,24,27)/t21-/m0/s1. The number of nitrogens with zero attached hydrogens (tertiary/aromatic N) is 2. The van der Waals surface area contributed by atoms with Crippen LogP contribution in [0.25, 0.3) is 0 Å². The first-order valence-electron chi connectivity index (χ1n) is 10.6. The van der Waals surface area contributed by atoms with Gasteiger partial charge in [0, 0.05) is 26.1 Å². The maximum Gasteiger partial charge on any atom is 0.265 e. The lowest BCUT2D eigenvalue weighted by atomic mass is 10.1. The Labute approximate surface area is 189 Å². The van der Waals surface area contributed by atoms with Crippen molar-refractivity contribution in [2.24, 2.45) is 0 Å². The number of anilines is 2. The lowest BCUT2D eigenvalue weighted by Gasteiger charge is -2.21. The van der Waals surface area contributed by atoms with Gasteiger partial charge in [-0.05, 0) is 50.6 Å². The van der Waals surface area contributed by atoms with Crippen LogP contribution < -0.4 is 14.4 Å². The Hall–Kier alpha value is -3.07. The van der Waals surface area contributed by atoms with Crippen LogP contribution in [0.5, 0.6) is 5.75 Å². The molecule has 172 valence electrons. The second kappa shape index (κ2) is 9.60. The zero-order valence-corrected chi connectivity index (χ0v) is 19.6. The van der Waals surface area contributed by atoms with Gasteiger partial charge in [0.2, 0.25) is 10.0 Å². The van der Waals surface area contributed by atoms with E-state index in [0.717, 1.165) is 11.8 Å². The molecule has 0 fully saturated rings. The average molecular weight is 460 g/mol. The van der Waals surface area contributed by atoms with Crippen LogP contribution >= 0.6 is 0 Å². The number of nitrogens with one attached hydrogen (secondary N) is 1. The van der Waals surface area contributed by atoms with Gasteiger partial charge < -0.3 is 15.0 Å². The van der Waals surface area contributed by atoms with Crippen molar-refractivity contribution in [3.8, 4) is 5.75 Å². The van der Waals surface area contributed by atoms with Gasteiger partial charge in [0.25, 0.3) is 11.8 Å². The van der Waals surface area contributed by atoms with Crippen molar-refractivity contribution in [2.45, 2.75) is 33.3 Å². The number of sulfonamides is 1. The molecule has 1 aliphatic heterocycles. The monoisotopic (exact) mass is 459 g/mol. The third kappa shape index (κ3) is 5.04. The molecule has 1 atom stereocenters. The van der Waals surface area contributed by atoms with E-state index in [9.17, 15) is 18.0 Å². The third-order valence-electron chi connectivity index (χ3n) is 5.41.